The molecule has 0 unspecified atom stereocenters. The van der Waals surface area contributed by atoms with Gasteiger partial charge in [0.05, 0.1) is 12.7 Å². The molecular formula is C18H18F4N3O4+. The number of ether oxygens (including phenoxy) is 2. The fraction of sp³-hybridized carbons (Fsp3) is 0.333. The Bertz CT molecular complexity index is 966. The molecule has 3 amide bonds. The average molecular weight is 416 g/mol. The highest BCUT2D eigenvalue weighted by atomic mass is 19.4. The number of halogens is 4. The van der Waals surface area contributed by atoms with Crippen LogP contribution in [0.5, 0.6) is 11.5 Å². The summed E-state index contributed by atoms with van der Waals surface area (Å²) in [4.78, 5) is 23.2. The zero-order valence-corrected chi connectivity index (χ0v) is 15.3. The van der Waals surface area contributed by atoms with Gasteiger partial charge in [-0.15, -0.1) is 0 Å². The number of benzene rings is 2. The van der Waals surface area contributed by atoms with Gasteiger partial charge in [-0.1, -0.05) is 12.1 Å². The minimum Gasteiger partial charge on any atom is -0.496 e. The van der Waals surface area contributed by atoms with Crippen LogP contribution in [0, 0.1) is 0 Å². The van der Waals surface area contributed by atoms with Crippen molar-refractivity contribution >= 4 is 22.7 Å². The topological polar surface area (TPSA) is 90.7 Å². The number of hydrogen-bond donors (Lipinski definition) is 2. The van der Waals surface area contributed by atoms with Gasteiger partial charge >= 0.3 is 12.2 Å². The van der Waals surface area contributed by atoms with Crippen molar-refractivity contribution in [3.8, 4) is 11.5 Å². The molecule has 11 heteroatoms. The molecule has 2 aromatic rings. The second kappa shape index (κ2) is 7.39. The van der Waals surface area contributed by atoms with Crippen LogP contribution in [0.25, 0.3) is 10.8 Å². The molecule has 7 nitrogen and oxygen atoms in total. The molecule has 1 aliphatic heterocycles. The van der Waals surface area contributed by atoms with Crippen molar-refractivity contribution < 1.29 is 41.4 Å². The van der Waals surface area contributed by atoms with Crippen LogP contribution in [0.4, 0.5) is 22.4 Å². The van der Waals surface area contributed by atoms with Gasteiger partial charge in [0.2, 0.25) is 6.54 Å². The SMILES string of the molecule is COc1cc2c(OC[C@@H]3C[N@@+](F)(CC(F)(F)F)C(=O)N3)cccc2cc1C(N)=O. The predicted octanol–water partition coefficient (Wildman–Crippen LogP) is 2.68. The summed E-state index contributed by atoms with van der Waals surface area (Å²) in [6.07, 6.45) is -4.83. The molecule has 0 bridgehead atoms. The summed E-state index contributed by atoms with van der Waals surface area (Å²) in [5.74, 6) is -0.129. The molecule has 29 heavy (non-hydrogen) atoms. The number of urea groups is 1. The molecule has 0 spiro atoms. The second-order valence-corrected chi connectivity index (χ2v) is 6.67. The number of nitrogens with zero attached hydrogens (tertiary/aromatic N) is 1. The van der Waals surface area contributed by atoms with Crippen molar-refractivity contribution in [1.29, 1.82) is 0 Å². The molecule has 0 aromatic heterocycles. The van der Waals surface area contributed by atoms with Crippen LogP contribution in [-0.4, -0.2) is 55.7 Å². The molecule has 0 saturated carbocycles. The predicted molar refractivity (Wildman–Crippen MR) is 94.0 cm³/mol. The van der Waals surface area contributed by atoms with E-state index in [0.717, 1.165) is 0 Å². The van der Waals surface area contributed by atoms with Gasteiger partial charge in [-0.05, 0) is 28.3 Å². The largest absolute Gasteiger partial charge is 0.496 e. The Morgan fingerprint density at radius 2 is 2.03 bits per heavy atom. The van der Waals surface area contributed by atoms with Crippen LogP contribution in [0.1, 0.15) is 10.4 Å². The highest BCUT2D eigenvalue weighted by Crippen LogP contribution is 2.33. The van der Waals surface area contributed by atoms with Gasteiger partial charge in [0, 0.05) is 9.87 Å². The number of carbonyl (C=O) groups is 2. The number of alkyl halides is 3. The lowest BCUT2D eigenvalue weighted by Gasteiger charge is -2.18. The van der Waals surface area contributed by atoms with Crippen LogP contribution in [0.2, 0.25) is 0 Å². The van der Waals surface area contributed by atoms with Crippen molar-refractivity contribution in [2.24, 2.45) is 5.73 Å². The fourth-order valence-corrected chi connectivity index (χ4v) is 3.24. The standard InChI is InChI=1S/C18H17F4N3O4/c1-28-15-6-12-10(5-13(15)16(23)26)3-2-4-14(12)29-8-11-7-25(22,17(27)24-11)9-18(19,20)21/h2-6,11H,7-9H2,1H3,(H2-,23,24,26,27)/p+1/t11-,25+/m0/s1. The third-order valence-electron chi connectivity index (χ3n) is 4.50. The summed E-state index contributed by atoms with van der Waals surface area (Å²) in [6.45, 7) is -2.86. The lowest BCUT2D eigenvalue weighted by molar-refractivity contribution is -0.989. The van der Waals surface area contributed by atoms with E-state index >= 15 is 0 Å². The molecule has 2 aromatic carbocycles. The van der Waals surface area contributed by atoms with Gasteiger partial charge in [-0.2, -0.15) is 13.2 Å². The third-order valence-corrected chi connectivity index (χ3v) is 4.50. The summed E-state index contributed by atoms with van der Waals surface area (Å²) in [5, 5.41) is 3.34. The van der Waals surface area contributed by atoms with E-state index in [1.165, 1.54) is 19.2 Å². The van der Waals surface area contributed by atoms with Crippen LogP contribution in [0.15, 0.2) is 30.3 Å². The van der Waals surface area contributed by atoms with E-state index in [2.05, 4.69) is 5.32 Å². The Labute approximate surface area is 162 Å². The Balaban J connectivity index is 1.79. The van der Waals surface area contributed by atoms with Crippen LogP contribution in [-0.2, 0) is 0 Å². The number of rotatable bonds is 6. The number of primary amides is 1. The monoisotopic (exact) mass is 416 g/mol. The summed E-state index contributed by atoms with van der Waals surface area (Å²) >= 11 is 0. The molecule has 3 rings (SSSR count). The normalized spacial score (nSPS) is 21.8. The van der Waals surface area contributed by atoms with Gasteiger partial charge in [-0.25, -0.2) is 4.79 Å². The molecular weight excluding hydrogens is 398 g/mol. The lowest BCUT2D eigenvalue weighted by atomic mass is 10.0. The molecule has 2 atom stereocenters. The number of nitrogens with two attached hydrogens (primary N) is 1. The average Bonchev–Trinajstić information content (AvgIpc) is 2.90. The Kier molecular flexibility index (Phi) is 5.26. The Hall–Kier alpha value is -3.08. The van der Waals surface area contributed by atoms with E-state index < -0.39 is 42.0 Å². The summed E-state index contributed by atoms with van der Waals surface area (Å²) in [6, 6.07) is 5.69. The van der Waals surface area contributed by atoms with Crippen molar-refractivity contribution in [1.82, 2.24) is 5.32 Å². The van der Waals surface area contributed by atoms with Gasteiger partial charge in [0.15, 0.2) is 0 Å². The van der Waals surface area contributed by atoms with Gasteiger partial charge in [-0.3, -0.25) is 10.1 Å². The Morgan fingerprint density at radius 1 is 1.31 bits per heavy atom. The van der Waals surface area contributed by atoms with Crippen LogP contribution >= 0.6 is 0 Å². The number of methoxy groups -OCH3 is 1. The van der Waals surface area contributed by atoms with Crippen LogP contribution < -0.4 is 20.5 Å². The quantitative estimate of drug-likeness (QED) is 0.560. The highest BCUT2D eigenvalue weighted by Gasteiger charge is 2.56. The maximum atomic E-state index is 14.3. The van der Waals surface area contributed by atoms with Crippen LogP contribution in [0.3, 0.4) is 0 Å². The first-order chi connectivity index (χ1) is 13.5. The maximum absolute atomic E-state index is 14.3. The molecule has 1 fully saturated rings. The van der Waals surface area contributed by atoms with Crippen molar-refractivity contribution in [2.75, 3.05) is 26.8 Å². The van der Waals surface area contributed by atoms with Crippen molar-refractivity contribution in [2.45, 2.75) is 12.2 Å². The van der Waals surface area contributed by atoms with E-state index in [4.69, 9.17) is 15.2 Å². The van der Waals surface area contributed by atoms with E-state index in [-0.39, 0.29) is 17.9 Å². The van der Waals surface area contributed by atoms with Crippen molar-refractivity contribution in [3.63, 3.8) is 0 Å². The first kappa shape index (κ1) is 20.6. The minimum absolute atomic E-state index is 0.173. The van der Waals surface area contributed by atoms with Crippen molar-refractivity contribution in [3.05, 3.63) is 35.9 Å². The molecule has 0 radical (unpaired) electrons. The second-order valence-electron chi connectivity index (χ2n) is 6.67. The molecule has 3 N–H and O–H groups in total. The number of amides is 3. The molecule has 1 heterocycles. The molecule has 0 aliphatic carbocycles. The number of quaternary nitrogens is 1. The molecule has 156 valence electrons. The number of carbonyl (C=O) groups excluding carboxylic acids is 2. The number of nitrogens with one attached hydrogen (secondary N) is 1. The van der Waals surface area contributed by atoms with E-state index in [0.29, 0.717) is 16.5 Å². The lowest BCUT2D eigenvalue weighted by Crippen LogP contribution is -2.48. The van der Waals surface area contributed by atoms with E-state index in [9.17, 15) is 27.2 Å². The van der Waals surface area contributed by atoms with Gasteiger partial charge in [0.25, 0.3) is 5.91 Å². The van der Waals surface area contributed by atoms with Gasteiger partial charge in [0.1, 0.15) is 30.7 Å². The van der Waals surface area contributed by atoms with Gasteiger partial charge < -0.3 is 15.2 Å². The summed E-state index contributed by atoms with van der Waals surface area (Å²) in [7, 11) is 1.37. The molecule has 1 aliphatic rings. The third kappa shape index (κ3) is 4.34. The fourth-order valence-electron chi connectivity index (χ4n) is 3.24. The Morgan fingerprint density at radius 3 is 2.66 bits per heavy atom. The highest BCUT2D eigenvalue weighted by molar-refractivity contribution is 6.02. The number of hydrogen-bond acceptors (Lipinski definition) is 4. The zero-order chi connectivity index (χ0) is 21.4. The minimum atomic E-state index is -4.83. The zero-order valence-electron chi connectivity index (χ0n) is 15.3. The molecule has 1 saturated heterocycles. The summed E-state index contributed by atoms with van der Waals surface area (Å²) < 4.78 is 60.4. The smallest absolute Gasteiger partial charge is 0.455 e. The maximum Gasteiger partial charge on any atom is 0.455 e. The summed E-state index contributed by atoms with van der Waals surface area (Å²) in [5.41, 5.74) is 5.51. The van der Waals surface area contributed by atoms with E-state index in [1.807, 2.05) is 0 Å². The first-order valence-corrected chi connectivity index (χ1v) is 8.50. The number of fused-ring (bicyclic) bond motifs is 1. The first-order valence-electron chi connectivity index (χ1n) is 8.50. The van der Waals surface area contributed by atoms with E-state index in [1.54, 1.807) is 18.2 Å².